The molecule has 2 aliphatic carbocycles. The summed E-state index contributed by atoms with van der Waals surface area (Å²) in [6.45, 7) is 2.30. The van der Waals surface area contributed by atoms with Crippen LogP contribution in [-0.4, -0.2) is 0 Å². The standard InChI is InChI=1S/C29H46/c1-2-3-4-5-6-7-8-9-10-11-12-13-14-15-16-17-19-22-27-25-26-28-23-20-18-21-24-29(27)28/h18,20-21,23-26H,2-17,19,22H2,1H3. The van der Waals surface area contributed by atoms with Gasteiger partial charge in [0.05, 0.1) is 0 Å². The van der Waals surface area contributed by atoms with E-state index in [0.29, 0.717) is 0 Å². The molecule has 0 spiro atoms. The van der Waals surface area contributed by atoms with Gasteiger partial charge in [-0.3, -0.25) is 0 Å². The van der Waals surface area contributed by atoms with E-state index in [0.717, 1.165) is 0 Å². The summed E-state index contributed by atoms with van der Waals surface area (Å²) in [5.74, 6) is 0. The van der Waals surface area contributed by atoms with Crippen LogP contribution in [0.4, 0.5) is 0 Å². The molecule has 0 bridgehead atoms. The van der Waals surface area contributed by atoms with E-state index in [1.54, 1.807) is 0 Å². The highest BCUT2D eigenvalue weighted by Gasteiger charge is 2.06. The predicted molar refractivity (Wildman–Crippen MR) is 131 cm³/mol. The quantitative estimate of drug-likeness (QED) is 0.221. The normalized spacial score (nSPS) is 11.3. The van der Waals surface area contributed by atoms with E-state index in [2.05, 4.69) is 49.4 Å². The van der Waals surface area contributed by atoms with Crippen LogP contribution < -0.4 is 0 Å². The van der Waals surface area contributed by atoms with Gasteiger partial charge >= 0.3 is 0 Å². The van der Waals surface area contributed by atoms with Gasteiger partial charge in [-0.25, -0.2) is 0 Å². The minimum atomic E-state index is 1.24. The van der Waals surface area contributed by atoms with Crippen molar-refractivity contribution in [2.24, 2.45) is 0 Å². The van der Waals surface area contributed by atoms with E-state index in [1.807, 2.05) is 0 Å². The van der Waals surface area contributed by atoms with Crippen molar-refractivity contribution in [3.05, 3.63) is 48.0 Å². The molecule has 0 aliphatic heterocycles. The Bertz CT molecular complexity index is 584. The first-order valence-corrected chi connectivity index (χ1v) is 12.9. The molecule has 0 saturated heterocycles. The lowest BCUT2D eigenvalue weighted by Crippen LogP contribution is -1.86. The van der Waals surface area contributed by atoms with Gasteiger partial charge in [0.25, 0.3) is 0 Å². The molecule has 0 aromatic carbocycles. The van der Waals surface area contributed by atoms with Crippen LogP contribution in [0.3, 0.4) is 0 Å². The minimum Gasteiger partial charge on any atom is -0.0654 e. The summed E-state index contributed by atoms with van der Waals surface area (Å²) in [5, 5.41) is 0. The number of aryl methyl sites for hydroxylation is 1. The number of fused-ring (bicyclic) bond motifs is 1. The van der Waals surface area contributed by atoms with Crippen molar-refractivity contribution in [3.63, 3.8) is 0 Å². The van der Waals surface area contributed by atoms with E-state index < -0.39 is 0 Å². The molecule has 0 aromatic rings. The molecule has 2 aliphatic rings. The second-order valence-electron chi connectivity index (χ2n) is 9.05. The average molecular weight is 395 g/mol. The van der Waals surface area contributed by atoms with Gasteiger partial charge in [0.1, 0.15) is 0 Å². The monoisotopic (exact) mass is 394 g/mol. The third kappa shape index (κ3) is 10.9. The van der Waals surface area contributed by atoms with Crippen molar-refractivity contribution in [3.8, 4) is 11.1 Å². The van der Waals surface area contributed by atoms with Crippen molar-refractivity contribution in [2.75, 3.05) is 0 Å². The van der Waals surface area contributed by atoms with Crippen LogP contribution in [0.2, 0.25) is 0 Å². The van der Waals surface area contributed by atoms with Crippen LogP contribution in [0, 0.1) is 0 Å². The van der Waals surface area contributed by atoms with Crippen molar-refractivity contribution >= 4 is 0 Å². The highest BCUT2D eigenvalue weighted by Crippen LogP contribution is 2.28. The number of hydrogen-bond acceptors (Lipinski definition) is 0. The largest absolute Gasteiger partial charge is 0.0654 e. The Morgan fingerprint density at radius 1 is 0.448 bits per heavy atom. The lowest BCUT2D eigenvalue weighted by atomic mass is 10.0. The van der Waals surface area contributed by atoms with E-state index in [-0.39, 0.29) is 0 Å². The maximum Gasteiger partial charge on any atom is -0.0152 e. The summed E-state index contributed by atoms with van der Waals surface area (Å²) >= 11 is 0. The summed E-state index contributed by atoms with van der Waals surface area (Å²) in [6, 6.07) is 15.5. The molecule has 0 amide bonds. The summed E-state index contributed by atoms with van der Waals surface area (Å²) < 4.78 is 0. The first-order valence-electron chi connectivity index (χ1n) is 12.9. The van der Waals surface area contributed by atoms with Gasteiger partial charge < -0.3 is 0 Å². The number of rotatable bonds is 18. The maximum absolute atomic E-state index is 2.33. The topological polar surface area (TPSA) is 0 Å². The molecule has 0 heteroatoms. The van der Waals surface area contributed by atoms with Crippen molar-refractivity contribution in [2.45, 2.75) is 122 Å². The van der Waals surface area contributed by atoms with E-state index in [9.17, 15) is 0 Å². The highest BCUT2D eigenvalue weighted by molar-refractivity contribution is 5.70. The average Bonchev–Trinajstić information content (AvgIpc) is 2.96. The molecule has 0 aromatic heterocycles. The first-order chi connectivity index (χ1) is 14.4. The fourth-order valence-electron chi connectivity index (χ4n) is 4.54. The minimum absolute atomic E-state index is 1.24. The van der Waals surface area contributed by atoms with Gasteiger partial charge in [-0.2, -0.15) is 0 Å². The van der Waals surface area contributed by atoms with Crippen LogP contribution >= 0.6 is 0 Å². The molecule has 0 N–H and O–H groups in total. The van der Waals surface area contributed by atoms with Gasteiger partial charge in [0, 0.05) is 0 Å². The van der Waals surface area contributed by atoms with Crippen molar-refractivity contribution in [1.82, 2.24) is 0 Å². The SMILES string of the molecule is CCCCCCCCCCCCCCCCCCCc1ccc2cccccc1-2. The summed E-state index contributed by atoms with van der Waals surface area (Å²) in [4.78, 5) is 0. The van der Waals surface area contributed by atoms with Crippen LogP contribution in [0.15, 0.2) is 42.5 Å². The second kappa shape index (κ2) is 16.5. The molecule has 0 saturated carbocycles. The van der Waals surface area contributed by atoms with Crippen LogP contribution in [0.25, 0.3) is 11.1 Å². The molecule has 0 radical (unpaired) electrons. The Kier molecular flexibility index (Phi) is 13.6. The Balaban J connectivity index is 1.34. The molecule has 0 unspecified atom stereocenters. The fourth-order valence-corrected chi connectivity index (χ4v) is 4.54. The van der Waals surface area contributed by atoms with Crippen LogP contribution in [-0.2, 0) is 6.42 Å². The predicted octanol–water partition coefficient (Wildman–Crippen LogP) is 9.99. The second-order valence-corrected chi connectivity index (χ2v) is 9.05. The van der Waals surface area contributed by atoms with E-state index in [1.165, 1.54) is 132 Å². The molecule has 0 nitrogen and oxygen atoms in total. The summed E-state index contributed by atoms with van der Waals surface area (Å²) in [6.07, 6.45) is 25.8. The highest BCUT2D eigenvalue weighted by atomic mass is 14.1. The smallest absolute Gasteiger partial charge is 0.0152 e. The van der Waals surface area contributed by atoms with Crippen LogP contribution in [0.5, 0.6) is 0 Å². The summed E-state index contributed by atoms with van der Waals surface area (Å²) in [5.41, 5.74) is 4.38. The number of unbranched alkanes of at least 4 members (excludes halogenated alkanes) is 16. The maximum atomic E-state index is 2.33. The molecule has 2 rings (SSSR count). The van der Waals surface area contributed by atoms with Crippen molar-refractivity contribution in [1.29, 1.82) is 0 Å². The molecule has 0 heterocycles. The fraction of sp³-hybridized carbons (Fsp3) is 0.655. The van der Waals surface area contributed by atoms with Gasteiger partial charge in [0.2, 0.25) is 0 Å². The zero-order valence-electron chi connectivity index (χ0n) is 19.3. The lowest BCUT2D eigenvalue weighted by molar-refractivity contribution is 0.527. The zero-order chi connectivity index (χ0) is 20.4. The Labute approximate surface area is 181 Å². The summed E-state index contributed by atoms with van der Waals surface area (Å²) in [7, 11) is 0. The van der Waals surface area contributed by atoms with Crippen molar-refractivity contribution < 1.29 is 0 Å². The number of hydrogen-bond donors (Lipinski definition) is 0. The molecule has 162 valence electrons. The molecular formula is C29H46. The first kappa shape index (κ1) is 24.0. The lowest BCUT2D eigenvalue weighted by Gasteiger charge is -2.04. The van der Waals surface area contributed by atoms with Gasteiger partial charge in [-0.1, -0.05) is 152 Å². The Morgan fingerprint density at radius 3 is 1.48 bits per heavy atom. The molecule has 0 atom stereocenters. The third-order valence-electron chi connectivity index (χ3n) is 6.43. The van der Waals surface area contributed by atoms with Crippen LogP contribution in [0.1, 0.15) is 122 Å². The zero-order valence-corrected chi connectivity index (χ0v) is 19.3. The van der Waals surface area contributed by atoms with E-state index >= 15 is 0 Å². The van der Waals surface area contributed by atoms with Gasteiger partial charge in [0.15, 0.2) is 0 Å². The molecule has 0 fully saturated rings. The van der Waals surface area contributed by atoms with Gasteiger partial charge in [-0.15, -0.1) is 0 Å². The molecular weight excluding hydrogens is 348 g/mol. The Morgan fingerprint density at radius 2 is 0.931 bits per heavy atom. The third-order valence-corrected chi connectivity index (χ3v) is 6.43. The molecule has 29 heavy (non-hydrogen) atoms. The van der Waals surface area contributed by atoms with Gasteiger partial charge in [-0.05, 0) is 29.5 Å². The Hall–Kier alpha value is -1.30. The van der Waals surface area contributed by atoms with E-state index in [4.69, 9.17) is 0 Å².